The maximum atomic E-state index is 13.7. The Morgan fingerprint density at radius 3 is 2.00 bits per heavy atom. The summed E-state index contributed by atoms with van der Waals surface area (Å²) in [7, 11) is 2.59. The van der Waals surface area contributed by atoms with Crippen LogP contribution < -0.4 is 0 Å². The number of nitrogens with zero attached hydrogens (tertiary/aromatic N) is 1. The fourth-order valence-electron chi connectivity index (χ4n) is 1.44. The molecule has 0 bridgehead atoms. The maximum absolute atomic E-state index is 13.7. The van der Waals surface area contributed by atoms with Gasteiger partial charge in [-0.05, 0) is 34.6 Å². The van der Waals surface area contributed by atoms with Crippen molar-refractivity contribution in [3.63, 3.8) is 0 Å². The monoisotopic (exact) mass is 277 g/mol. The molecule has 0 saturated carbocycles. The molecular formula is C13H24FNO4. The van der Waals surface area contributed by atoms with Gasteiger partial charge in [0.15, 0.2) is 0 Å². The van der Waals surface area contributed by atoms with Crippen molar-refractivity contribution >= 4 is 12.1 Å². The highest BCUT2D eigenvalue weighted by Crippen LogP contribution is 2.21. The van der Waals surface area contributed by atoms with Gasteiger partial charge in [-0.2, -0.15) is 0 Å². The molecule has 0 saturated heterocycles. The standard InChI is InChI=1S/C13H24FNO4/c1-12(2,3)19-11(17)15(6)9(10(16)18-7)8-13(4,5)14/h9H,8H2,1-7H3/t9-/m0/s1. The average molecular weight is 277 g/mol. The summed E-state index contributed by atoms with van der Waals surface area (Å²) in [5, 5.41) is 0. The maximum Gasteiger partial charge on any atom is 0.410 e. The number of carbonyl (C=O) groups excluding carboxylic acids is 2. The van der Waals surface area contributed by atoms with Crippen LogP contribution in [0.2, 0.25) is 0 Å². The molecule has 0 radical (unpaired) electrons. The molecule has 112 valence electrons. The summed E-state index contributed by atoms with van der Waals surface area (Å²) < 4.78 is 23.5. The van der Waals surface area contributed by atoms with Crippen molar-refractivity contribution in [2.45, 2.75) is 58.4 Å². The van der Waals surface area contributed by atoms with Crippen LogP contribution in [0.25, 0.3) is 0 Å². The Bertz CT molecular complexity index is 331. The zero-order chi connectivity index (χ0) is 15.4. The van der Waals surface area contributed by atoms with Gasteiger partial charge < -0.3 is 9.47 Å². The van der Waals surface area contributed by atoms with E-state index in [-0.39, 0.29) is 6.42 Å². The van der Waals surface area contributed by atoms with Gasteiger partial charge >= 0.3 is 12.1 Å². The first-order valence-electron chi connectivity index (χ1n) is 6.10. The molecule has 0 fully saturated rings. The molecule has 6 heteroatoms. The van der Waals surface area contributed by atoms with Gasteiger partial charge in [-0.15, -0.1) is 0 Å². The summed E-state index contributed by atoms with van der Waals surface area (Å²) in [5.74, 6) is -0.668. The van der Waals surface area contributed by atoms with Crippen LogP contribution in [0.15, 0.2) is 0 Å². The Kier molecular flexibility index (Phi) is 5.78. The molecule has 0 aliphatic heterocycles. The molecule has 1 amide bonds. The Labute approximate surface area is 114 Å². The van der Waals surface area contributed by atoms with E-state index in [9.17, 15) is 14.0 Å². The third-order valence-corrected chi connectivity index (χ3v) is 2.30. The number of esters is 1. The second-order valence-electron chi connectivity index (χ2n) is 6.05. The quantitative estimate of drug-likeness (QED) is 0.741. The predicted molar refractivity (Wildman–Crippen MR) is 69.6 cm³/mol. The largest absolute Gasteiger partial charge is 0.467 e. The van der Waals surface area contributed by atoms with Crippen LogP contribution in [0.4, 0.5) is 9.18 Å². The lowest BCUT2D eigenvalue weighted by molar-refractivity contribution is -0.147. The van der Waals surface area contributed by atoms with Gasteiger partial charge in [0.2, 0.25) is 0 Å². The normalized spacial score (nSPS) is 13.7. The van der Waals surface area contributed by atoms with E-state index in [1.54, 1.807) is 20.8 Å². The number of amides is 1. The second-order valence-corrected chi connectivity index (χ2v) is 6.05. The summed E-state index contributed by atoms with van der Waals surface area (Å²) in [6.07, 6.45) is -0.845. The number of carbonyl (C=O) groups is 2. The van der Waals surface area contributed by atoms with Gasteiger partial charge in [-0.25, -0.2) is 14.0 Å². The topological polar surface area (TPSA) is 55.8 Å². The minimum atomic E-state index is -1.60. The first-order chi connectivity index (χ1) is 8.37. The predicted octanol–water partition coefficient (Wildman–Crippen LogP) is 2.53. The highest BCUT2D eigenvalue weighted by atomic mass is 19.1. The zero-order valence-electron chi connectivity index (χ0n) is 12.7. The van der Waals surface area contributed by atoms with Crippen molar-refractivity contribution in [1.29, 1.82) is 0 Å². The molecule has 0 aromatic carbocycles. The van der Waals surface area contributed by atoms with Gasteiger partial charge in [0.25, 0.3) is 0 Å². The minimum absolute atomic E-state index is 0.157. The highest BCUT2D eigenvalue weighted by Gasteiger charge is 2.35. The zero-order valence-corrected chi connectivity index (χ0v) is 12.7. The first kappa shape index (κ1) is 17.7. The van der Waals surface area contributed by atoms with E-state index >= 15 is 0 Å². The first-order valence-corrected chi connectivity index (χ1v) is 6.10. The van der Waals surface area contributed by atoms with E-state index in [1.807, 2.05) is 0 Å². The SMILES string of the molecule is COC(=O)[C@H](CC(C)(C)F)N(C)C(=O)OC(C)(C)C. The Morgan fingerprint density at radius 2 is 1.68 bits per heavy atom. The molecule has 0 unspecified atom stereocenters. The molecule has 0 aromatic rings. The number of ether oxygens (including phenoxy) is 2. The molecule has 1 atom stereocenters. The van der Waals surface area contributed by atoms with Gasteiger partial charge in [-0.3, -0.25) is 4.90 Å². The molecule has 0 aliphatic carbocycles. The molecule has 5 nitrogen and oxygen atoms in total. The number of methoxy groups -OCH3 is 1. The van der Waals surface area contributed by atoms with Crippen molar-refractivity contribution in [2.75, 3.05) is 14.2 Å². The Balaban J connectivity index is 4.96. The van der Waals surface area contributed by atoms with E-state index < -0.39 is 29.4 Å². The molecule has 0 aromatic heterocycles. The number of hydrogen-bond donors (Lipinski definition) is 0. The number of alkyl halides is 1. The van der Waals surface area contributed by atoms with Crippen LogP contribution >= 0.6 is 0 Å². The van der Waals surface area contributed by atoms with Crippen molar-refractivity contribution in [1.82, 2.24) is 4.90 Å². The Morgan fingerprint density at radius 1 is 1.21 bits per heavy atom. The Hall–Kier alpha value is -1.33. The van der Waals surface area contributed by atoms with Crippen LogP contribution in [0.5, 0.6) is 0 Å². The summed E-state index contributed by atoms with van der Waals surface area (Å²) in [6, 6.07) is -1.01. The van der Waals surface area contributed by atoms with Crippen LogP contribution in [0.1, 0.15) is 41.0 Å². The van der Waals surface area contributed by atoms with E-state index in [1.165, 1.54) is 28.0 Å². The lowest BCUT2D eigenvalue weighted by atomic mass is 10.00. The molecule has 0 N–H and O–H groups in total. The highest BCUT2D eigenvalue weighted by molar-refractivity contribution is 5.81. The lowest BCUT2D eigenvalue weighted by Gasteiger charge is -2.31. The summed E-state index contributed by atoms with van der Waals surface area (Å²) in [4.78, 5) is 24.6. The molecule has 0 aliphatic rings. The van der Waals surface area contributed by atoms with Crippen LogP contribution in [-0.2, 0) is 14.3 Å². The third kappa shape index (κ3) is 6.98. The van der Waals surface area contributed by atoms with Gasteiger partial charge in [-0.1, -0.05) is 0 Å². The van der Waals surface area contributed by atoms with E-state index in [2.05, 4.69) is 4.74 Å². The fraction of sp³-hybridized carbons (Fsp3) is 0.846. The number of likely N-dealkylation sites (N-methyl/N-ethyl adjacent to an activating group) is 1. The molecule has 0 heterocycles. The fourth-order valence-corrected chi connectivity index (χ4v) is 1.44. The van der Waals surface area contributed by atoms with Crippen LogP contribution in [-0.4, -0.2) is 48.4 Å². The number of rotatable bonds is 4. The molecule has 0 spiro atoms. The minimum Gasteiger partial charge on any atom is -0.467 e. The van der Waals surface area contributed by atoms with Crippen molar-refractivity contribution < 1.29 is 23.5 Å². The smallest absolute Gasteiger partial charge is 0.410 e. The van der Waals surface area contributed by atoms with Crippen LogP contribution in [0, 0.1) is 0 Å². The summed E-state index contributed by atoms with van der Waals surface area (Å²) in [6.45, 7) is 7.82. The van der Waals surface area contributed by atoms with Crippen LogP contribution in [0.3, 0.4) is 0 Å². The summed E-state index contributed by atoms with van der Waals surface area (Å²) in [5.41, 5.74) is -2.29. The van der Waals surface area contributed by atoms with Crippen molar-refractivity contribution in [2.24, 2.45) is 0 Å². The summed E-state index contributed by atoms with van der Waals surface area (Å²) >= 11 is 0. The average Bonchev–Trinajstić information content (AvgIpc) is 2.20. The van der Waals surface area contributed by atoms with Crippen molar-refractivity contribution in [3.05, 3.63) is 0 Å². The molecule has 19 heavy (non-hydrogen) atoms. The number of hydrogen-bond acceptors (Lipinski definition) is 4. The third-order valence-electron chi connectivity index (χ3n) is 2.30. The second kappa shape index (κ2) is 6.21. The molecule has 0 rings (SSSR count). The van der Waals surface area contributed by atoms with E-state index in [0.717, 1.165) is 4.90 Å². The van der Waals surface area contributed by atoms with Gasteiger partial charge in [0.05, 0.1) is 7.11 Å². The van der Waals surface area contributed by atoms with E-state index in [4.69, 9.17) is 4.74 Å². The van der Waals surface area contributed by atoms with E-state index in [0.29, 0.717) is 0 Å². The molecular weight excluding hydrogens is 253 g/mol. The number of halogens is 1. The van der Waals surface area contributed by atoms with Gasteiger partial charge in [0, 0.05) is 13.5 Å². The van der Waals surface area contributed by atoms with Crippen molar-refractivity contribution in [3.8, 4) is 0 Å². The lowest BCUT2D eigenvalue weighted by Crippen LogP contribution is -2.47. The van der Waals surface area contributed by atoms with Gasteiger partial charge in [0.1, 0.15) is 17.3 Å².